The number of urea groups is 1. The van der Waals surface area contributed by atoms with Crippen LogP contribution in [0.4, 0.5) is 15.3 Å². The number of hydrogen-bond donors (Lipinski definition) is 2. The van der Waals surface area contributed by atoms with E-state index in [9.17, 15) is 9.59 Å². The average molecular weight is 282 g/mol. The molecule has 0 saturated carbocycles. The van der Waals surface area contributed by atoms with Crippen molar-refractivity contribution in [3.05, 3.63) is 24.3 Å². The molecule has 0 saturated heterocycles. The van der Waals surface area contributed by atoms with Gasteiger partial charge in [0.05, 0.1) is 13.2 Å². The first-order valence-corrected chi connectivity index (χ1v) is 6.14. The average Bonchev–Trinajstić information content (AvgIpc) is 2.41. The van der Waals surface area contributed by atoms with Gasteiger partial charge in [0.1, 0.15) is 5.75 Å². The van der Waals surface area contributed by atoms with Crippen LogP contribution in [0.2, 0.25) is 0 Å². The molecule has 0 spiro atoms. The monoisotopic (exact) mass is 282 g/mol. The molecule has 0 atom stereocenters. The second kappa shape index (κ2) is 8.76. The Morgan fingerprint density at radius 3 is 2.50 bits per heavy atom. The van der Waals surface area contributed by atoms with Crippen LogP contribution in [0, 0.1) is 0 Å². The molecule has 0 heterocycles. The minimum absolute atomic E-state index is 0.250. The van der Waals surface area contributed by atoms with E-state index in [0.29, 0.717) is 24.6 Å². The summed E-state index contributed by atoms with van der Waals surface area (Å²) in [6.45, 7) is 2.81. The van der Waals surface area contributed by atoms with Crippen molar-refractivity contribution in [2.24, 2.45) is 0 Å². The third-order valence-electron chi connectivity index (χ3n) is 2.17. The number of ether oxygens (including phenoxy) is 3. The van der Waals surface area contributed by atoms with E-state index < -0.39 is 6.16 Å². The van der Waals surface area contributed by atoms with Crippen LogP contribution in [0.1, 0.15) is 6.92 Å². The summed E-state index contributed by atoms with van der Waals surface area (Å²) in [5, 5.41) is 5.24. The van der Waals surface area contributed by atoms with Crippen molar-refractivity contribution in [1.29, 1.82) is 0 Å². The minimum atomic E-state index is -0.759. The van der Waals surface area contributed by atoms with E-state index in [1.165, 1.54) is 0 Å². The van der Waals surface area contributed by atoms with Crippen LogP contribution in [0.3, 0.4) is 0 Å². The van der Waals surface area contributed by atoms with Crippen molar-refractivity contribution in [3.8, 4) is 5.75 Å². The summed E-state index contributed by atoms with van der Waals surface area (Å²) in [7, 11) is 1.56. The van der Waals surface area contributed by atoms with Crippen molar-refractivity contribution in [1.82, 2.24) is 5.32 Å². The maximum absolute atomic E-state index is 11.5. The zero-order valence-corrected chi connectivity index (χ0v) is 11.5. The Morgan fingerprint density at radius 1 is 1.20 bits per heavy atom. The molecule has 0 aromatic heterocycles. The quantitative estimate of drug-likeness (QED) is 0.473. The van der Waals surface area contributed by atoms with Gasteiger partial charge < -0.3 is 24.8 Å². The summed E-state index contributed by atoms with van der Waals surface area (Å²) in [5.74, 6) is 0.341. The van der Waals surface area contributed by atoms with Crippen LogP contribution in [0.25, 0.3) is 0 Å². The molecule has 1 rings (SSSR count). The van der Waals surface area contributed by atoms with Gasteiger partial charge in [-0.3, -0.25) is 0 Å². The van der Waals surface area contributed by atoms with Crippen molar-refractivity contribution >= 4 is 17.9 Å². The fourth-order valence-electron chi connectivity index (χ4n) is 1.29. The van der Waals surface area contributed by atoms with Gasteiger partial charge in [-0.15, -0.1) is 0 Å². The summed E-state index contributed by atoms with van der Waals surface area (Å²) in [6, 6.07) is 6.01. The highest BCUT2D eigenvalue weighted by Crippen LogP contribution is 2.16. The van der Waals surface area contributed by atoms with Gasteiger partial charge in [0.25, 0.3) is 0 Å². The Bertz CT molecular complexity index is 433. The molecule has 2 N–H and O–H groups in total. The van der Waals surface area contributed by atoms with Crippen LogP contribution >= 0.6 is 0 Å². The van der Waals surface area contributed by atoms with Crippen LogP contribution in [-0.4, -0.2) is 39.1 Å². The van der Waals surface area contributed by atoms with Crippen molar-refractivity contribution in [2.75, 3.05) is 32.2 Å². The third-order valence-corrected chi connectivity index (χ3v) is 2.17. The number of rotatable bonds is 6. The van der Waals surface area contributed by atoms with Crippen LogP contribution in [-0.2, 0) is 9.47 Å². The Kier molecular flexibility index (Phi) is 6.91. The van der Waals surface area contributed by atoms with Gasteiger partial charge in [-0.05, 0) is 31.2 Å². The highest BCUT2D eigenvalue weighted by atomic mass is 16.7. The third kappa shape index (κ3) is 6.05. The van der Waals surface area contributed by atoms with Gasteiger partial charge in [-0.25, -0.2) is 9.59 Å². The number of methoxy groups -OCH3 is 1. The zero-order chi connectivity index (χ0) is 14.8. The van der Waals surface area contributed by atoms with Crippen molar-refractivity contribution < 1.29 is 23.8 Å². The lowest BCUT2D eigenvalue weighted by atomic mass is 10.3. The maximum atomic E-state index is 11.5. The molecule has 20 heavy (non-hydrogen) atoms. The SMILES string of the molecule is CCOC(=O)Oc1ccc(NC(=O)NCCOC)cc1. The van der Waals surface area contributed by atoms with Gasteiger partial charge in [0.2, 0.25) is 0 Å². The number of benzene rings is 1. The molecule has 1 aromatic carbocycles. The van der Waals surface area contributed by atoms with Crippen LogP contribution < -0.4 is 15.4 Å². The highest BCUT2D eigenvalue weighted by Gasteiger charge is 2.05. The van der Waals surface area contributed by atoms with E-state index in [-0.39, 0.29) is 12.6 Å². The van der Waals surface area contributed by atoms with E-state index in [0.717, 1.165) is 0 Å². The number of anilines is 1. The summed E-state index contributed by atoms with van der Waals surface area (Å²) in [4.78, 5) is 22.5. The van der Waals surface area contributed by atoms with Crippen molar-refractivity contribution in [3.63, 3.8) is 0 Å². The fourth-order valence-corrected chi connectivity index (χ4v) is 1.29. The maximum Gasteiger partial charge on any atom is 0.513 e. The predicted molar refractivity (Wildman–Crippen MR) is 73.0 cm³/mol. The number of nitrogens with one attached hydrogen (secondary N) is 2. The van der Waals surface area contributed by atoms with E-state index >= 15 is 0 Å². The fraction of sp³-hybridized carbons (Fsp3) is 0.385. The standard InChI is InChI=1S/C13H18N2O5/c1-3-19-13(17)20-11-6-4-10(5-7-11)15-12(16)14-8-9-18-2/h4-7H,3,8-9H2,1-2H3,(H2,14,15,16). The lowest BCUT2D eigenvalue weighted by Crippen LogP contribution is -2.31. The number of carbonyl (C=O) groups excluding carboxylic acids is 2. The smallest absolute Gasteiger partial charge is 0.434 e. The van der Waals surface area contributed by atoms with E-state index in [4.69, 9.17) is 9.47 Å². The summed E-state index contributed by atoms with van der Waals surface area (Å²) < 4.78 is 14.3. The molecular formula is C13H18N2O5. The molecule has 0 aliphatic heterocycles. The normalized spacial score (nSPS) is 9.70. The molecule has 7 nitrogen and oxygen atoms in total. The summed E-state index contributed by atoms with van der Waals surface area (Å²) in [5.41, 5.74) is 0.580. The van der Waals surface area contributed by atoms with Crippen molar-refractivity contribution in [2.45, 2.75) is 6.92 Å². The van der Waals surface area contributed by atoms with E-state index in [2.05, 4.69) is 15.4 Å². The molecule has 0 fully saturated rings. The van der Waals surface area contributed by atoms with Gasteiger partial charge in [0.15, 0.2) is 0 Å². The van der Waals surface area contributed by atoms with Crippen LogP contribution in [0.5, 0.6) is 5.75 Å². The minimum Gasteiger partial charge on any atom is -0.434 e. The molecule has 0 aliphatic rings. The Morgan fingerprint density at radius 2 is 1.90 bits per heavy atom. The molecule has 0 radical (unpaired) electrons. The lowest BCUT2D eigenvalue weighted by Gasteiger charge is -2.08. The Labute approximate surface area is 117 Å². The van der Waals surface area contributed by atoms with Gasteiger partial charge in [-0.1, -0.05) is 0 Å². The number of carbonyl (C=O) groups is 2. The predicted octanol–water partition coefficient (Wildman–Crippen LogP) is 1.99. The first-order chi connectivity index (χ1) is 9.65. The molecule has 0 unspecified atom stereocenters. The first-order valence-electron chi connectivity index (χ1n) is 6.14. The van der Waals surface area contributed by atoms with E-state index in [1.807, 2.05) is 0 Å². The molecule has 2 amide bonds. The summed E-state index contributed by atoms with van der Waals surface area (Å²) in [6.07, 6.45) is -0.759. The Balaban J connectivity index is 2.42. The zero-order valence-electron chi connectivity index (χ0n) is 11.5. The molecule has 110 valence electrons. The molecular weight excluding hydrogens is 264 g/mol. The molecule has 1 aromatic rings. The summed E-state index contributed by atoms with van der Waals surface area (Å²) >= 11 is 0. The topological polar surface area (TPSA) is 85.9 Å². The molecule has 0 bridgehead atoms. The van der Waals surface area contributed by atoms with E-state index in [1.54, 1.807) is 38.3 Å². The van der Waals surface area contributed by atoms with Crippen LogP contribution in [0.15, 0.2) is 24.3 Å². The first kappa shape index (κ1) is 15.8. The van der Waals surface area contributed by atoms with Gasteiger partial charge in [0, 0.05) is 19.3 Å². The number of hydrogen-bond acceptors (Lipinski definition) is 5. The molecule has 0 aliphatic carbocycles. The second-order valence-electron chi connectivity index (χ2n) is 3.68. The van der Waals surface area contributed by atoms with Gasteiger partial charge >= 0.3 is 12.2 Å². The van der Waals surface area contributed by atoms with Gasteiger partial charge in [-0.2, -0.15) is 0 Å². The number of amides is 2. The largest absolute Gasteiger partial charge is 0.513 e. The second-order valence-corrected chi connectivity index (χ2v) is 3.68. The molecule has 7 heteroatoms. The lowest BCUT2D eigenvalue weighted by molar-refractivity contribution is 0.104. The highest BCUT2D eigenvalue weighted by molar-refractivity contribution is 5.89. The Hall–Kier alpha value is -2.28.